The van der Waals surface area contributed by atoms with E-state index in [9.17, 15) is 13.2 Å². The Morgan fingerprint density at radius 3 is 2.48 bits per heavy atom. The van der Waals surface area contributed by atoms with Crippen LogP contribution in [0.15, 0.2) is 71.8 Å². The third-order valence-electron chi connectivity index (χ3n) is 4.00. The fourth-order valence-corrected chi connectivity index (χ4v) is 3.76. The van der Waals surface area contributed by atoms with E-state index >= 15 is 0 Å². The van der Waals surface area contributed by atoms with Gasteiger partial charge in [-0.15, -0.1) is 0 Å². The molecule has 0 saturated heterocycles. The Labute approximate surface area is 173 Å². The second-order valence-corrected chi connectivity index (χ2v) is 8.21. The lowest BCUT2D eigenvalue weighted by Gasteiger charge is -2.18. The molecule has 0 radical (unpaired) electrons. The maximum Gasteiger partial charge on any atom is 0.337 e. The molecule has 2 N–H and O–H groups in total. The first kappa shape index (κ1) is 20.6. The molecule has 7 nitrogen and oxygen atoms in total. The van der Waals surface area contributed by atoms with Gasteiger partial charge >= 0.3 is 5.97 Å². The molecule has 0 aliphatic heterocycles. The van der Waals surface area contributed by atoms with Crippen molar-refractivity contribution in [3.63, 3.8) is 0 Å². The Hall–Kier alpha value is -3.10. The zero-order chi connectivity index (χ0) is 21.0. The largest absolute Gasteiger partial charge is 0.482 e. The predicted octanol–water partition coefficient (Wildman–Crippen LogP) is 4.37. The van der Waals surface area contributed by atoms with Gasteiger partial charge in [-0.05, 0) is 43.3 Å². The summed E-state index contributed by atoms with van der Waals surface area (Å²) in [5.41, 5.74) is 0.749. The molecule has 9 heteroatoms. The number of nitrogens with zero attached hydrogens (tertiary/aromatic N) is 1. The second kappa shape index (κ2) is 8.50. The number of nitrogens with one attached hydrogen (secondary N) is 1. The molecule has 0 amide bonds. The van der Waals surface area contributed by atoms with E-state index in [1.807, 2.05) is 0 Å². The number of hydrogen-bond acceptors (Lipinski definition) is 5. The molecule has 2 aromatic carbocycles. The molecule has 1 unspecified atom stereocenters. The number of benzene rings is 2. The summed E-state index contributed by atoms with van der Waals surface area (Å²) in [6, 6.07) is 15.4. The lowest BCUT2D eigenvalue weighted by Crippen LogP contribution is -2.14. The Morgan fingerprint density at radius 1 is 1.14 bits per heavy atom. The normalized spacial score (nSPS) is 12.2. The van der Waals surface area contributed by atoms with Crippen LogP contribution in [0, 0.1) is 0 Å². The zero-order valence-corrected chi connectivity index (χ0v) is 16.8. The minimum absolute atomic E-state index is 0.0556. The van der Waals surface area contributed by atoms with E-state index in [4.69, 9.17) is 21.4 Å². The molecule has 29 heavy (non-hydrogen) atoms. The Morgan fingerprint density at radius 2 is 1.86 bits per heavy atom. The van der Waals surface area contributed by atoms with Crippen LogP contribution >= 0.6 is 11.6 Å². The van der Waals surface area contributed by atoms with Crippen molar-refractivity contribution in [2.24, 2.45) is 0 Å². The van der Waals surface area contributed by atoms with Crippen molar-refractivity contribution in [2.75, 3.05) is 4.72 Å². The number of aromatic nitrogens is 1. The van der Waals surface area contributed by atoms with Gasteiger partial charge in [-0.1, -0.05) is 29.8 Å². The molecule has 3 rings (SSSR count). The number of ether oxygens (including phenoxy) is 1. The molecule has 1 heterocycles. The molecule has 0 fully saturated rings. The summed E-state index contributed by atoms with van der Waals surface area (Å²) in [5, 5.41) is 9.33. The van der Waals surface area contributed by atoms with Crippen LogP contribution in [0.2, 0.25) is 5.02 Å². The fourth-order valence-electron chi connectivity index (χ4n) is 2.50. The molecule has 1 atom stereocenters. The van der Waals surface area contributed by atoms with Crippen LogP contribution in [0.25, 0.3) is 0 Å². The average Bonchev–Trinajstić information content (AvgIpc) is 2.70. The van der Waals surface area contributed by atoms with Gasteiger partial charge in [-0.2, -0.15) is 0 Å². The van der Waals surface area contributed by atoms with Crippen molar-refractivity contribution in [1.29, 1.82) is 0 Å². The highest BCUT2D eigenvalue weighted by Crippen LogP contribution is 2.33. The number of aromatic carboxylic acids is 1. The van der Waals surface area contributed by atoms with Crippen molar-refractivity contribution in [3.8, 4) is 5.75 Å². The lowest BCUT2D eigenvalue weighted by molar-refractivity contribution is 0.0696. The van der Waals surface area contributed by atoms with E-state index in [1.54, 1.807) is 31.2 Å². The van der Waals surface area contributed by atoms with E-state index in [1.165, 1.54) is 42.6 Å². The zero-order valence-electron chi connectivity index (χ0n) is 15.2. The molecule has 3 aromatic rings. The van der Waals surface area contributed by atoms with Crippen molar-refractivity contribution in [1.82, 2.24) is 4.98 Å². The monoisotopic (exact) mass is 432 g/mol. The number of carboxylic acid groups (broad SMARTS) is 1. The molecule has 0 saturated carbocycles. The highest BCUT2D eigenvalue weighted by Gasteiger charge is 2.19. The average molecular weight is 433 g/mol. The van der Waals surface area contributed by atoms with Gasteiger partial charge in [0, 0.05) is 17.3 Å². The molecular weight excluding hydrogens is 416 g/mol. The molecule has 0 spiro atoms. The smallest absolute Gasteiger partial charge is 0.337 e. The number of anilines is 1. The third kappa shape index (κ3) is 5.04. The SMILES string of the molecule is CC(Oc1cc(Cl)ccc1NS(=O)(=O)c1ccccc1)c1ccc(C(=O)O)cn1. The van der Waals surface area contributed by atoms with Gasteiger partial charge < -0.3 is 9.84 Å². The highest BCUT2D eigenvalue weighted by atomic mass is 35.5. The van der Waals surface area contributed by atoms with Crippen molar-refractivity contribution < 1.29 is 23.1 Å². The highest BCUT2D eigenvalue weighted by molar-refractivity contribution is 7.92. The number of halogens is 1. The van der Waals surface area contributed by atoms with E-state index < -0.39 is 22.1 Å². The van der Waals surface area contributed by atoms with Crippen LogP contribution in [-0.4, -0.2) is 24.5 Å². The number of sulfonamides is 1. The second-order valence-electron chi connectivity index (χ2n) is 6.10. The summed E-state index contributed by atoms with van der Waals surface area (Å²) in [4.78, 5) is 15.2. The topological polar surface area (TPSA) is 106 Å². The van der Waals surface area contributed by atoms with Gasteiger partial charge in [-0.3, -0.25) is 9.71 Å². The van der Waals surface area contributed by atoms with Gasteiger partial charge in [0.2, 0.25) is 0 Å². The quantitative estimate of drug-likeness (QED) is 0.574. The summed E-state index contributed by atoms with van der Waals surface area (Å²) in [7, 11) is -3.82. The Bertz CT molecular complexity index is 1120. The maximum absolute atomic E-state index is 12.6. The Balaban J connectivity index is 1.86. The van der Waals surface area contributed by atoms with E-state index in [0.717, 1.165) is 0 Å². The van der Waals surface area contributed by atoms with Gasteiger partial charge in [0.1, 0.15) is 11.9 Å². The summed E-state index contributed by atoms with van der Waals surface area (Å²) < 4.78 is 33.6. The van der Waals surface area contributed by atoms with Crippen LogP contribution in [-0.2, 0) is 10.0 Å². The number of hydrogen-bond donors (Lipinski definition) is 2. The molecule has 150 valence electrons. The summed E-state index contributed by atoms with van der Waals surface area (Å²) >= 11 is 6.05. The van der Waals surface area contributed by atoms with E-state index in [0.29, 0.717) is 10.7 Å². The first-order valence-corrected chi connectivity index (χ1v) is 10.4. The lowest BCUT2D eigenvalue weighted by atomic mass is 10.2. The fraction of sp³-hybridized carbons (Fsp3) is 0.100. The van der Waals surface area contributed by atoms with E-state index in [-0.39, 0.29) is 21.9 Å². The minimum atomic E-state index is -3.82. The van der Waals surface area contributed by atoms with Gasteiger partial charge in [0.15, 0.2) is 0 Å². The maximum atomic E-state index is 12.6. The Kier molecular flexibility index (Phi) is 6.05. The van der Waals surface area contributed by atoms with Gasteiger partial charge in [0.05, 0.1) is 21.8 Å². The predicted molar refractivity (Wildman–Crippen MR) is 109 cm³/mol. The molecule has 0 bridgehead atoms. The number of carbonyl (C=O) groups is 1. The third-order valence-corrected chi connectivity index (χ3v) is 5.61. The van der Waals surface area contributed by atoms with Crippen LogP contribution in [0.1, 0.15) is 29.1 Å². The number of pyridine rings is 1. The number of rotatable bonds is 7. The number of carboxylic acids is 1. The summed E-state index contributed by atoms with van der Waals surface area (Å²) in [5.74, 6) is -0.862. The van der Waals surface area contributed by atoms with Crippen LogP contribution in [0.4, 0.5) is 5.69 Å². The van der Waals surface area contributed by atoms with Crippen LogP contribution in [0.5, 0.6) is 5.75 Å². The van der Waals surface area contributed by atoms with Crippen molar-refractivity contribution in [3.05, 3.63) is 83.1 Å². The first-order chi connectivity index (χ1) is 13.8. The van der Waals surface area contributed by atoms with Crippen molar-refractivity contribution in [2.45, 2.75) is 17.9 Å². The minimum Gasteiger partial charge on any atom is -0.482 e. The van der Waals surface area contributed by atoms with Gasteiger partial charge in [-0.25, -0.2) is 13.2 Å². The molecule has 1 aromatic heterocycles. The standard InChI is InChI=1S/C20H17ClN2O5S/c1-13(17-9-7-14(12-22-17)20(24)25)28-19-11-15(21)8-10-18(19)23-29(26,27)16-5-3-2-4-6-16/h2-13,23H,1H3,(H,24,25). The van der Waals surface area contributed by atoms with Crippen LogP contribution in [0.3, 0.4) is 0 Å². The van der Waals surface area contributed by atoms with Crippen LogP contribution < -0.4 is 9.46 Å². The van der Waals surface area contributed by atoms with Gasteiger partial charge in [0.25, 0.3) is 10.0 Å². The van der Waals surface area contributed by atoms with E-state index in [2.05, 4.69) is 9.71 Å². The first-order valence-electron chi connectivity index (χ1n) is 8.49. The summed E-state index contributed by atoms with van der Waals surface area (Å²) in [6.45, 7) is 1.71. The molecule has 0 aliphatic carbocycles. The molecular formula is C20H17ClN2O5S. The molecule has 0 aliphatic rings. The van der Waals surface area contributed by atoms with Crippen molar-refractivity contribution >= 4 is 33.3 Å². The summed E-state index contributed by atoms with van der Waals surface area (Å²) in [6.07, 6.45) is 0.644.